The maximum atomic E-state index is 10.3. The van der Waals surface area contributed by atoms with Crippen LogP contribution in [0, 0.1) is 5.92 Å². The van der Waals surface area contributed by atoms with E-state index in [1.807, 2.05) is 0 Å². The van der Waals surface area contributed by atoms with Gasteiger partial charge in [-0.1, -0.05) is 163 Å². The number of aryl methyl sites for hydroxylation is 1. The Morgan fingerprint density at radius 2 is 1.10 bits per heavy atom. The summed E-state index contributed by atoms with van der Waals surface area (Å²) in [7, 11) is 0.213. The Labute approximate surface area is 248 Å². The van der Waals surface area contributed by atoms with Crippen LogP contribution in [0.4, 0.5) is 0 Å². The molecule has 0 amide bonds. The molecule has 0 saturated heterocycles. The van der Waals surface area contributed by atoms with E-state index < -0.39 is 8.32 Å². The van der Waals surface area contributed by atoms with E-state index in [0.717, 1.165) is 13.0 Å². The molecule has 234 valence electrons. The van der Waals surface area contributed by atoms with Gasteiger partial charge in [-0.05, 0) is 38.0 Å². The molecule has 2 rings (SSSR count). The number of benzene rings is 1. The van der Waals surface area contributed by atoms with Crippen molar-refractivity contribution in [2.24, 2.45) is 5.92 Å². The zero-order valence-electron chi connectivity index (χ0n) is 28.8. The van der Waals surface area contributed by atoms with Crippen molar-refractivity contribution in [1.82, 2.24) is 0 Å². The van der Waals surface area contributed by atoms with E-state index in [1.165, 1.54) is 96.1 Å². The maximum Gasteiger partial charge on any atom is 0.308 e. The number of hydrogen-bond acceptors (Lipinski definition) is 3. The Kier molecular flexibility index (Phi) is 42.4. The molecule has 1 fully saturated rings. The third-order valence-electron chi connectivity index (χ3n) is 5.29. The third kappa shape index (κ3) is 50.2. The van der Waals surface area contributed by atoms with Crippen molar-refractivity contribution in [1.29, 1.82) is 0 Å². The van der Waals surface area contributed by atoms with Gasteiger partial charge in [-0.15, -0.1) is 0 Å². The van der Waals surface area contributed by atoms with Gasteiger partial charge < -0.3 is 9.16 Å². The molecule has 1 aliphatic rings. The summed E-state index contributed by atoms with van der Waals surface area (Å²) in [6, 6.07) is 10.6. The second-order valence-corrected chi connectivity index (χ2v) is 15.9. The Morgan fingerprint density at radius 3 is 1.28 bits per heavy atom. The lowest BCUT2D eigenvalue weighted by Crippen LogP contribution is -2.25. The zero-order chi connectivity index (χ0) is 30.8. The average Bonchev–Trinajstić information content (AvgIpc) is 2.89. The molecule has 0 N–H and O–H groups in total. The first-order chi connectivity index (χ1) is 18.5. The highest BCUT2D eigenvalue weighted by molar-refractivity contribution is 6.69. The van der Waals surface area contributed by atoms with Crippen molar-refractivity contribution in [2.75, 3.05) is 13.7 Å². The molecule has 1 aliphatic carbocycles. The first-order valence-electron chi connectivity index (χ1n) is 16.3. The molecular formula is C35H72O3Si. The first kappa shape index (κ1) is 44.9. The van der Waals surface area contributed by atoms with Gasteiger partial charge in [0, 0.05) is 6.61 Å². The van der Waals surface area contributed by atoms with Crippen LogP contribution in [0.25, 0.3) is 0 Å². The van der Waals surface area contributed by atoms with Crippen molar-refractivity contribution >= 4 is 14.3 Å². The smallest absolute Gasteiger partial charge is 0.308 e. The minimum Gasteiger partial charge on any atom is -0.469 e. The van der Waals surface area contributed by atoms with Crippen LogP contribution in [0.15, 0.2) is 30.3 Å². The number of esters is 1. The summed E-state index contributed by atoms with van der Waals surface area (Å²) in [5, 5.41) is 0. The van der Waals surface area contributed by atoms with Crippen LogP contribution in [0.2, 0.25) is 19.6 Å². The average molecular weight is 569 g/mol. The quantitative estimate of drug-likeness (QED) is 0.242. The molecule has 0 radical (unpaired) electrons. The molecule has 0 spiro atoms. The monoisotopic (exact) mass is 569 g/mol. The molecule has 0 atom stereocenters. The maximum absolute atomic E-state index is 10.3. The van der Waals surface area contributed by atoms with Gasteiger partial charge in [0.25, 0.3) is 0 Å². The number of carbonyl (C=O) groups excluding carboxylic acids is 1. The minimum absolute atomic E-state index is 0.00463. The van der Waals surface area contributed by atoms with E-state index in [1.54, 1.807) is 13.8 Å². The molecule has 0 aliphatic heterocycles. The van der Waals surface area contributed by atoms with E-state index in [9.17, 15) is 4.79 Å². The lowest BCUT2D eigenvalue weighted by molar-refractivity contribution is -0.144. The van der Waals surface area contributed by atoms with Gasteiger partial charge >= 0.3 is 5.97 Å². The van der Waals surface area contributed by atoms with Gasteiger partial charge in [-0.3, -0.25) is 4.79 Å². The minimum atomic E-state index is -1.18. The lowest BCUT2D eigenvalue weighted by atomic mass is 10.0. The number of carbonyl (C=O) groups is 1. The molecule has 0 heterocycles. The van der Waals surface area contributed by atoms with Gasteiger partial charge in [0.05, 0.1) is 13.0 Å². The topological polar surface area (TPSA) is 35.5 Å². The van der Waals surface area contributed by atoms with Crippen LogP contribution in [0.5, 0.6) is 0 Å². The zero-order valence-corrected chi connectivity index (χ0v) is 29.8. The van der Waals surface area contributed by atoms with Crippen LogP contribution in [-0.2, 0) is 20.4 Å². The molecule has 0 aromatic heterocycles. The molecule has 1 aromatic carbocycles. The number of ether oxygens (including phenoxy) is 1. The molecule has 1 aromatic rings. The highest BCUT2D eigenvalue weighted by Gasteiger charge is 2.12. The van der Waals surface area contributed by atoms with Crippen LogP contribution in [-0.4, -0.2) is 28.0 Å². The Hall–Kier alpha value is -1.13. The highest BCUT2D eigenvalue weighted by atomic mass is 28.4. The summed E-state index contributed by atoms with van der Waals surface area (Å²) in [5.41, 5.74) is 1.44. The summed E-state index contributed by atoms with van der Waals surface area (Å²) in [5.74, 6) is -0.148. The van der Waals surface area contributed by atoms with E-state index in [0.29, 0.717) is 0 Å². The predicted octanol–water partition coefficient (Wildman–Crippen LogP) is 12.0. The largest absolute Gasteiger partial charge is 0.469 e. The fourth-order valence-corrected chi connectivity index (χ4v) is 3.81. The van der Waals surface area contributed by atoms with E-state index in [-0.39, 0.29) is 11.9 Å². The van der Waals surface area contributed by atoms with Crippen LogP contribution < -0.4 is 0 Å². The predicted molar refractivity (Wildman–Crippen MR) is 180 cm³/mol. The first-order valence-corrected chi connectivity index (χ1v) is 19.7. The summed E-state index contributed by atoms with van der Waals surface area (Å²) in [6.45, 7) is 24.1. The van der Waals surface area contributed by atoms with Crippen molar-refractivity contribution in [3.8, 4) is 0 Å². The van der Waals surface area contributed by atoms with Gasteiger partial charge in [0.2, 0.25) is 0 Å². The third-order valence-corrected chi connectivity index (χ3v) is 6.36. The van der Waals surface area contributed by atoms with Gasteiger partial charge in [-0.2, -0.15) is 0 Å². The van der Waals surface area contributed by atoms with Gasteiger partial charge in [0.1, 0.15) is 0 Å². The second-order valence-electron chi connectivity index (χ2n) is 11.4. The molecule has 0 bridgehead atoms. The highest BCUT2D eigenvalue weighted by Crippen LogP contribution is 2.15. The fourth-order valence-electron chi connectivity index (χ4n) is 2.99. The summed E-state index contributed by atoms with van der Waals surface area (Å²) < 4.78 is 9.89. The Morgan fingerprint density at radius 1 is 0.718 bits per heavy atom. The number of unbranched alkanes of at least 4 members (excludes halogenated alkanes) is 1. The van der Waals surface area contributed by atoms with Gasteiger partial charge in [-0.25, -0.2) is 0 Å². The second kappa shape index (κ2) is 36.9. The number of rotatable bonds is 7. The normalized spacial score (nSPS) is 12.4. The number of hydrogen-bond donors (Lipinski definition) is 0. The van der Waals surface area contributed by atoms with Gasteiger partial charge in [0.15, 0.2) is 8.32 Å². The summed E-state index contributed by atoms with van der Waals surface area (Å²) in [6.07, 6.45) is 19.5. The molecule has 3 nitrogen and oxygen atoms in total. The summed E-state index contributed by atoms with van der Waals surface area (Å²) in [4.78, 5) is 10.3. The fraction of sp³-hybridized carbons (Fsp3) is 0.800. The molecular weight excluding hydrogens is 496 g/mol. The Balaban J connectivity index is -0.000000195. The molecule has 4 heteroatoms. The van der Waals surface area contributed by atoms with Crippen molar-refractivity contribution in [2.45, 2.75) is 165 Å². The van der Waals surface area contributed by atoms with E-state index in [2.05, 4.69) is 96.3 Å². The Bertz CT molecular complexity index is 527. The SMILES string of the molecule is C1CCCCCCC1.CCC.CCCC.CCCO[Si](C)(C)C.CCCc1ccccc1.COC(=O)C(C)C. The number of methoxy groups -OCH3 is 1. The van der Waals surface area contributed by atoms with Crippen molar-refractivity contribution < 1.29 is 14.0 Å². The lowest BCUT2D eigenvalue weighted by Gasteiger charge is -2.15. The van der Waals surface area contributed by atoms with Crippen LogP contribution >= 0.6 is 0 Å². The molecule has 39 heavy (non-hydrogen) atoms. The standard InChI is InChI=1S/C9H12.C8H16.C6H16OSi.C5H10O2.C4H10.C3H8/c1-2-6-9-7-4-3-5-8-9;1-2-4-6-8-7-5-3-1;1-5-6-7-8(2,3)4;1-4(2)5(6)7-3;1-3-4-2;1-3-2/h3-5,7-8H,2,6H2,1H3;1-8H2;5-6H2,1-4H3;4H,1-3H3;3-4H2,1-2H3;3H2,1-2H3. The molecule has 0 unspecified atom stereocenters. The van der Waals surface area contributed by atoms with Crippen molar-refractivity contribution in [3.05, 3.63) is 35.9 Å². The molecule has 1 saturated carbocycles. The van der Waals surface area contributed by atoms with Crippen LogP contribution in [0.1, 0.15) is 144 Å². The van der Waals surface area contributed by atoms with E-state index >= 15 is 0 Å². The van der Waals surface area contributed by atoms with E-state index in [4.69, 9.17) is 4.43 Å². The van der Waals surface area contributed by atoms with Crippen molar-refractivity contribution in [3.63, 3.8) is 0 Å². The van der Waals surface area contributed by atoms with Crippen LogP contribution in [0.3, 0.4) is 0 Å². The summed E-state index contributed by atoms with van der Waals surface area (Å²) >= 11 is 0.